The Kier molecular flexibility index (Phi) is 3.65. The Labute approximate surface area is 53.0 Å². The summed E-state index contributed by atoms with van der Waals surface area (Å²) in [6, 6.07) is 0. The lowest BCUT2D eigenvalue weighted by Crippen LogP contribution is -1.98. The van der Waals surface area contributed by atoms with Crippen molar-refractivity contribution in [3.8, 4) is 0 Å². The van der Waals surface area contributed by atoms with E-state index >= 15 is 0 Å². The Balaban J connectivity index is 3.32. The van der Waals surface area contributed by atoms with Crippen LogP contribution in [0.15, 0.2) is 0 Å². The number of hydrogen-bond acceptors (Lipinski definition) is 2. The minimum absolute atomic E-state index is 0.0913. The second-order valence-corrected chi connectivity index (χ2v) is 3.89. The highest BCUT2D eigenvalue weighted by Gasteiger charge is 1.93. The van der Waals surface area contributed by atoms with E-state index in [1.54, 1.807) is 6.92 Å². The molecule has 0 saturated carbocycles. The van der Waals surface area contributed by atoms with Crippen LogP contribution in [0.5, 0.6) is 0 Å². The van der Waals surface area contributed by atoms with Crippen molar-refractivity contribution in [2.75, 3.05) is 5.75 Å². The molecule has 2 nitrogen and oxygen atoms in total. The number of alkyl halides is 1. The molecular formula is C3H7BrO2S. The first kappa shape index (κ1) is 7.43. The third-order valence-electron chi connectivity index (χ3n) is 0.401. The van der Waals surface area contributed by atoms with Crippen molar-refractivity contribution in [2.24, 2.45) is 0 Å². The van der Waals surface area contributed by atoms with Gasteiger partial charge in [-0.15, -0.1) is 0 Å². The van der Waals surface area contributed by atoms with Gasteiger partial charge in [-0.05, 0) is 0 Å². The summed E-state index contributed by atoms with van der Waals surface area (Å²) in [6.07, 6.45) is 0. The van der Waals surface area contributed by atoms with Crippen LogP contribution in [0.4, 0.5) is 0 Å². The maximum atomic E-state index is 9.82. The van der Waals surface area contributed by atoms with Gasteiger partial charge in [-0.2, -0.15) is 0 Å². The van der Waals surface area contributed by atoms with Gasteiger partial charge < -0.3 is 0 Å². The Morgan fingerprint density at radius 3 is 2.14 bits per heavy atom. The molecular weight excluding hydrogens is 180 g/mol. The quantitative estimate of drug-likeness (QED) is 0.501. The van der Waals surface area contributed by atoms with Crippen molar-refractivity contribution in [2.45, 2.75) is 11.8 Å². The van der Waals surface area contributed by atoms with Crippen molar-refractivity contribution in [1.82, 2.24) is 0 Å². The summed E-state index contributed by atoms with van der Waals surface area (Å²) < 4.78 is 19.6. The largest absolute Gasteiger partial charge is 0.232 e. The van der Waals surface area contributed by atoms with Crippen LogP contribution in [0.25, 0.3) is 0 Å². The van der Waals surface area contributed by atoms with Crippen LogP contribution in [-0.4, -0.2) is 19.0 Å². The third-order valence-corrected chi connectivity index (χ3v) is 2.07. The van der Waals surface area contributed by atoms with E-state index in [0.717, 1.165) is 0 Å². The van der Waals surface area contributed by atoms with Gasteiger partial charge in [-0.1, -0.05) is 22.9 Å². The fourth-order valence-electron chi connectivity index (χ4n) is 0.205. The maximum Gasteiger partial charge on any atom is 0.141 e. The summed E-state index contributed by atoms with van der Waals surface area (Å²) in [5.41, 5.74) is 0. The molecule has 0 aromatic carbocycles. The number of thiol groups is 1. The fraction of sp³-hybridized carbons (Fsp3) is 1.00. The Bertz CT molecular complexity index is 99.5. The molecule has 0 fully saturated rings. The van der Waals surface area contributed by atoms with Crippen LogP contribution in [0.1, 0.15) is 6.92 Å². The summed E-state index contributed by atoms with van der Waals surface area (Å²) in [6.45, 7) is 1.80. The lowest BCUT2D eigenvalue weighted by molar-refractivity contribution is 0.614. The molecule has 0 N–H and O–H groups in total. The first-order valence-corrected chi connectivity index (χ1v) is 4.16. The molecule has 0 aliphatic carbocycles. The lowest BCUT2D eigenvalue weighted by atomic mass is 10.6. The molecule has 1 unspecified atom stereocenters. The minimum Gasteiger partial charge on any atom is -0.232 e. The van der Waals surface area contributed by atoms with E-state index in [4.69, 9.17) is 0 Å². The zero-order valence-electron chi connectivity index (χ0n) is 3.93. The number of halogens is 1. The Morgan fingerprint density at radius 1 is 1.71 bits per heavy atom. The van der Waals surface area contributed by atoms with Crippen LogP contribution in [-0.2, 0) is 10.7 Å². The van der Waals surface area contributed by atoms with E-state index in [-0.39, 0.29) is 10.6 Å². The summed E-state index contributed by atoms with van der Waals surface area (Å²) in [5, 5.41) is 0. The highest BCUT2D eigenvalue weighted by atomic mass is 79.9. The maximum absolute atomic E-state index is 9.82. The zero-order chi connectivity index (χ0) is 5.86. The van der Waals surface area contributed by atoms with Gasteiger partial charge in [0.25, 0.3) is 0 Å². The van der Waals surface area contributed by atoms with Gasteiger partial charge in [-0.25, -0.2) is 8.42 Å². The molecule has 7 heavy (non-hydrogen) atoms. The van der Waals surface area contributed by atoms with Crippen molar-refractivity contribution in [1.29, 1.82) is 0 Å². The predicted molar refractivity (Wildman–Crippen MR) is 33.6 cm³/mol. The van der Waals surface area contributed by atoms with Gasteiger partial charge in [0.2, 0.25) is 0 Å². The molecule has 0 spiro atoms. The second-order valence-electron chi connectivity index (χ2n) is 1.30. The minimum atomic E-state index is -2.19. The summed E-state index contributed by atoms with van der Waals surface area (Å²) in [4.78, 5) is 0.0913. The fourth-order valence-corrected chi connectivity index (χ4v) is 1.33. The standard InChI is InChI=1S/C3H7BrO2S/c1-3(4)2-7(5)6/h3,7H,2H2,1H3. The predicted octanol–water partition coefficient (Wildman–Crippen LogP) is 0.381. The SMILES string of the molecule is CC(Br)C[SH](=O)=O. The van der Waals surface area contributed by atoms with Gasteiger partial charge in [-0.3, -0.25) is 0 Å². The topological polar surface area (TPSA) is 34.1 Å². The zero-order valence-corrected chi connectivity index (χ0v) is 6.41. The third kappa shape index (κ3) is 6.43. The first-order chi connectivity index (χ1) is 3.13. The summed E-state index contributed by atoms with van der Waals surface area (Å²) in [5.74, 6) is 0.231. The monoisotopic (exact) mass is 186 g/mol. The van der Waals surface area contributed by atoms with Crippen molar-refractivity contribution in [3.63, 3.8) is 0 Å². The van der Waals surface area contributed by atoms with Crippen molar-refractivity contribution >= 4 is 26.6 Å². The molecule has 0 aliphatic rings. The van der Waals surface area contributed by atoms with Crippen LogP contribution in [0, 0.1) is 0 Å². The second kappa shape index (κ2) is 3.43. The average Bonchev–Trinajstić information content (AvgIpc) is 1.27. The molecule has 0 bridgehead atoms. The van der Waals surface area contributed by atoms with E-state index in [1.165, 1.54) is 0 Å². The summed E-state index contributed by atoms with van der Waals surface area (Å²) >= 11 is 3.09. The first-order valence-electron chi connectivity index (χ1n) is 1.89. The van der Waals surface area contributed by atoms with Crippen LogP contribution >= 0.6 is 15.9 Å². The van der Waals surface area contributed by atoms with Gasteiger partial charge in [0, 0.05) is 4.83 Å². The van der Waals surface area contributed by atoms with E-state index in [2.05, 4.69) is 15.9 Å². The highest BCUT2D eigenvalue weighted by molar-refractivity contribution is 9.09. The van der Waals surface area contributed by atoms with Gasteiger partial charge >= 0.3 is 0 Å². The van der Waals surface area contributed by atoms with Gasteiger partial charge in [0.1, 0.15) is 10.7 Å². The molecule has 44 valence electrons. The Morgan fingerprint density at radius 2 is 2.14 bits per heavy atom. The summed E-state index contributed by atoms with van der Waals surface area (Å²) in [7, 11) is -2.19. The molecule has 0 saturated heterocycles. The molecule has 0 aliphatic heterocycles. The number of rotatable bonds is 2. The smallest absolute Gasteiger partial charge is 0.141 e. The van der Waals surface area contributed by atoms with E-state index < -0.39 is 10.7 Å². The van der Waals surface area contributed by atoms with E-state index in [0.29, 0.717) is 0 Å². The average molecular weight is 187 g/mol. The molecule has 1 atom stereocenters. The lowest BCUT2D eigenvalue weighted by Gasteiger charge is -1.88. The molecule has 0 radical (unpaired) electrons. The molecule has 0 heterocycles. The number of hydrogen-bond donors (Lipinski definition) is 1. The molecule has 0 aromatic rings. The van der Waals surface area contributed by atoms with Crippen molar-refractivity contribution in [3.05, 3.63) is 0 Å². The van der Waals surface area contributed by atoms with E-state index in [1.807, 2.05) is 0 Å². The Hall–Kier alpha value is 0.430. The van der Waals surface area contributed by atoms with Gasteiger partial charge in [0.05, 0.1) is 5.75 Å². The molecule has 0 amide bonds. The van der Waals surface area contributed by atoms with Crippen LogP contribution < -0.4 is 0 Å². The van der Waals surface area contributed by atoms with E-state index in [9.17, 15) is 8.42 Å². The highest BCUT2D eigenvalue weighted by Crippen LogP contribution is 1.94. The molecule has 4 heteroatoms. The van der Waals surface area contributed by atoms with Crippen LogP contribution in [0.3, 0.4) is 0 Å². The van der Waals surface area contributed by atoms with Crippen LogP contribution in [0.2, 0.25) is 0 Å². The normalized spacial score (nSPS) is 14.7. The van der Waals surface area contributed by atoms with Gasteiger partial charge in [0.15, 0.2) is 0 Å². The van der Waals surface area contributed by atoms with Crippen molar-refractivity contribution < 1.29 is 8.42 Å². The molecule has 0 rings (SSSR count). The molecule has 0 aromatic heterocycles.